The van der Waals surface area contributed by atoms with E-state index >= 15 is 0 Å². The second-order valence-electron chi connectivity index (χ2n) is 6.72. The van der Waals surface area contributed by atoms with Crippen LogP contribution in [-0.4, -0.2) is 25.7 Å². The first-order valence-corrected chi connectivity index (χ1v) is 9.34. The quantitative estimate of drug-likeness (QED) is 0.371. The zero-order chi connectivity index (χ0) is 19.6. The molecule has 0 fully saturated rings. The van der Waals surface area contributed by atoms with Gasteiger partial charge in [-0.05, 0) is 48.6 Å². The van der Waals surface area contributed by atoms with E-state index in [1.165, 1.54) is 0 Å². The van der Waals surface area contributed by atoms with Crippen molar-refractivity contribution in [2.45, 2.75) is 6.42 Å². The SMILES string of the molecule is O=C1C=Cc2nc3ccccc3nc2C1.c1ccc2nc3ccccc3nc2c1. The van der Waals surface area contributed by atoms with E-state index in [0.29, 0.717) is 6.42 Å². The van der Waals surface area contributed by atoms with Gasteiger partial charge in [-0.1, -0.05) is 36.4 Å². The second-order valence-corrected chi connectivity index (χ2v) is 6.72. The molecule has 6 rings (SSSR count). The van der Waals surface area contributed by atoms with Gasteiger partial charge in [-0.2, -0.15) is 0 Å². The average molecular weight is 376 g/mol. The maximum Gasteiger partial charge on any atom is 0.161 e. The standard InChI is InChI=1S/C12H8N2O.C12H8N2/c15-8-5-6-11-12(7-8)14-10-4-2-1-3-9(10)13-11;1-2-6-10-9(5-1)13-11-7-3-4-8-12(11)14-10/h1-6H,7H2;1-8H. The molecule has 0 bridgehead atoms. The average Bonchev–Trinajstić information content (AvgIpc) is 2.76. The summed E-state index contributed by atoms with van der Waals surface area (Å²) in [6, 6.07) is 23.5. The number of aromatic nitrogens is 4. The zero-order valence-electron chi connectivity index (χ0n) is 15.5. The molecular formula is C24H16N4O. The number of carbonyl (C=O) groups is 1. The summed E-state index contributed by atoms with van der Waals surface area (Å²) < 4.78 is 0. The Hall–Kier alpha value is -3.99. The van der Waals surface area contributed by atoms with Crippen molar-refractivity contribution >= 4 is 45.0 Å². The minimum atomic E-state index is 0.0899. The van der Waals surface area contributed by atoms with Gasteiger partial charge in [0.05, 0.1) is 50.9 Å². The van der Waals surface area contributed by atoms with Gasteiger partial charge in [0, 0.05) is 0 Å². The third kappa shape index (κ3) is 3.46. The van der Waals surface area contributed by atoms with Crippen LogP contribution in [0.5, 0.6) is 0 Å². The molecule has 3 aromatic carbocycles. The van der Waals surface area contributed by atoms with Crippen LogP contribution in [0.3, 0.4) is 0 Å². The van der Waals surface area contributed by atoms with Crippen molar-refractivity contribution in [2.75, 3.05) is 0 Å². The summed E-state index contributed by atoms with van der Waals surface area (Å²) in [5.41, 5.74) is 7.11. The number of benzene rings is 3. The molecule has 1 aliphatic carbocycles. The molecule has 2 aromatic heterocycles. The van der Waals surface area contributed by atoms with Gasteiger partial charge in [0.1, 0.15) is 0 Å². The molecule has 5 nitrogen and oxygen atoms in total. The fourth-order valence-corrected chi connectivity index (χ4v) is 3.28. The lowest BCUT2D eigenvalue weighted by molar-refractivity contribution is -0.114. The molecule has 0 N–H and O–H groups in total. The maximum atomic E-state index is 11.2. The molecule has 0 amide bonds. The van der Waals surface area contributed by atoms with E-state index < -0.39 is 0 Å². The number of ketones is 1. The topological polar surface area (TPSA) is 68.6 Å². The monoisotopic (exact) mass is 376 g/mol. The van der Waals surface area contributed by atoms with Crippen molar-refractivity contribution in [2.24, 2.45) is 0 Å². The van der Waals surface area contributed by atoms with E-state index in [4.69, 9.17) is 0 Å². The Labute approximate surface area is 166 Å². The van der Waals surface area contributed by atoms with Crippen molar-refractivity contribution in [3.05, 3.63) is 90.3 Å². The lowest BCUT2D eigenvalue weighted by Crippen LogP contribution is -2.09. The number of hydrogen-bond donors (Lipinski definition) is 0. The number of nitrogens with zero attached hydrogens (tertiary/aromatic N) is 4. The highest BCUT2D eigenvalue weighted by atomic mass is 16.1. The maximum absolute atomic E-state index is 11.2. The largest absolute Gasteiger partial charge is 0.294 e. The number of rotatable bonds is 0. The third-order valence-corrected chi connectivity index (χ3v) is 4.69. The van der Waals surface area contributed by atoms with E-state index in [9.17, 15) is 4.79 Å². The van der Waals surface area contributed by atoms with Crippen LogP contribution in [0.25, 0.3) is 39.2 Å². The van der Waals surface area contributed by atoms with Gasteiger partial charge >= 0.3 is 0 Å². The van der Waals surface area contributed by atoms with Crippen LogP contribution >= 0.6 is 0 Å². The molecule has 0 spiro atoms. The minimum absolute atomic E-state index is 0.0899. The third-order valence-electron chi connectivity index (χ3n) is 4.69. The molecule has 2 heterocycles. The summed E-state index contributed by atoms with van der Waals surface area (Å²) >= 11 is 0. The van der Waals surface area contributed by atoms with Crippen LogP contribution in [0.1, 0.15) is 11.4 Å². The molecule has 0 radical (unpaired) electrons. The predicted octanol–water partition coefficient (Wildman–Crippen LogP) is 4.55. The van der Waals surface area contributed by atoms with Gasteiger partial charge in [-0.15, -0.1) is 0 Å². The van der Waals surface area contributed by atoms with Crippen molar-refractivity contribution in [3.63, 3.8) is 0 Å². The van der Waals surface area contributed by atoms with E-state index in [1.807, 2.05) is 72.8 Å². The van der Waals surface area contributed by atoms with E-state index in [1.54, 1.807) is 12.2 Å². The highest BCUT2D eigenvalue weighted by molar-refractivity contribution is 5.98. The Kier molecular flexibility index (Phi) is 4.26. The molecule has 5 aromatic rings. The Morgan fingerprint density at radius 1 is 0.517 bits per heavy atom. The first-order valence-electron chi connectivity index (χ1n) is 9.34. The summed E-state index contributed by atoms with van der Waals surface area (Å²) in [5, 5.41) is 0. The number of para-hydroxylation sites is 6. The molecular weight excluding hydrogens is 360 g/mol. The summed E-state index contributed by atoms with van der Waals surface area (Å²) in [7, 11) is 0. The van der Waals surface area contributed by atoms with Gasteiger partial charge in [-0.3, -0.25) is 4.79 Å². The van der Waals surface area contributed by atoms with Crippen molar-refractivity contribution in [1.82, 2.24) is 19.9 Å². The summed E-state index contributed by atoms with van der Waals surface area (Å²) in [4.78, 5) is 29.1. The van der Waals surface area contributed by atoms with Crippen LogP contribution < -0.4 is 0 Å². The smallest absolute Gasteiger partial charge is 0.161 e. The Morgan fingerprint density at radius 3 is 1.41 bits per heavy atom. The van der Waals surface area contributed by atoms with Crippen molar-refractivity contribution in [3.8, 4) is 0 Å². The van der Waals surface area contributed by atoms with E-state index in [0.717, 1.165) is 44.5 Å². The fourth-order valence-electron chi connectivity index (χ4n) is 3.28. The van der Waals surface area contributed by atoms with Gasteiger partial charge in [0.15, 0.2) is 5.78 Å². The number of hydrogen-bond acceptors (Lipinski definition) is 5. The van der Waals surface area contributed by atoms with Crippen LogP contribution in [-0.2, 0) is 11.2 Å². The fraction of sp³-hybridized carbons (Fsp3) is 0.0417. The van der Waals surface area contributed by atoms with Gasteiger partial charge in [0.2, 0.25) is 0 Å². The van der Waals surface area contributed by atoms with Crippen molar-refractivity contribution in [1.29, 1.82) is 0 Å². The second kappa shape index (κ2) is 7.20. The molecule has 0 unspecified atom stereocenters. The van der Waals surface area contributed by atoms with Gasteiger partial charge in [-0.25, -0.2) is 19.9 Å². The summed E-state index contributed by atoms with van der Waals surface area (Å²) in [6.07, 6.45) is 3.66. The zero-order valence-corrected chi connectivity index (χ0v) is 15.5. The van der Waals surface area contributed by atoms with Gasteiger partial charge in [0.25, 0.3) is 0 Å². The minimum Gasteiger partial charge on any atom is -0.294 e. The Balaban J connectivity index is 0.000000125. The molecule has 5 heteroatoms. The molecule has 0 aliphatic heterocycles. The normalized spacial score (nSPS) is 12.6. The predicted molar refractivity (Wildman–Crippen MR) is 114 cm³/mol. The van der Waals surface area contributed by atoms with Crippen molar-refractivity contribution < 1.29 is 4.79 Å². The van der Waals surface area contributed by atoms with Gasteiger partial charge < -0.3 is 0 Å². The molecule has 29 heavy (non-hydrogen) atoms. The number of allylic oxidation sites excluding steroid dienone is 1. The lowest BCUT2D eigenvalue weighted by Gasteiger charge is -2.08. The Morgan fingerprint density at radius 2 is 0.931 bits per heavy atom. The van der Waals surface area contributed by atoms with Crippen LogP contribution in [0.2, 0.25) is 0 Å². The Bertz CT molecular complexity index is 1300. The van der Waals surface area contributed by atoms with E-state index in [-0.39, 0.29) is 5.78 Å². The molecule has 138 valence electrons. The number of fused-ring (bicyclic) bond motifs is 4. The highest BCUT2D eigenvalue weighted by Crippen LogP contribution is 2.18. The van der Waals surface area contributed by atoms with Crippen LogP contribution in [0.15, 0.2) is 78.9 Å². The summed E-state index contributed by atoms with van der Waals surface area (Å²) in [6.45, 7) is 0. The van der Waals surface area contributed by atoms with Crippen LogP contribution in [0, 0.1) is 0 Å². The summed E-state index contributed by atoms with van der Waals surface area (Å²) in [5.74, 6) is 0.0899. The van der Waals surface area contributed by atoms with Crippen LogP contribution in [0.4, 0.5) is 0 Å². The lowest BCUT2D eigenvalue weighted by atomic mass is 10.1. The molecule has 0 saturated heterocycles. The molecule has 0 atom stereocenters. The van der Waals surface area contributed by atoms with E-state index in [2.05, 4.69) is 19.9 Å². The highest BCUT2D eigenvalue weighted by Gasteiger charge is 2.13. The number of carbonyl (C=O) groups excluding carboxylic acids is 1. The first kappa shape index (κ1) is 17.1. The molecule has 0 saturated carbocycles. The first-order chi connectivity index (χ1) is 14.3. The molecule has 1 aliphatic rings.